The molecule has 0 spiro atoms. The number of piperazine rings is 1. The van der Waals surface area contributed by atoms with Crippen molar-refractivity contribution in [3.05, 3.63) is 36.5 Å². The van der Waals surface area contributed by atoms with Crippen LogP contribution in [0.2, 0.25) is 0 Å². The number of aromatic nitrogens is 1. The third-order valence-corrected chi connectivity index (χ3v) is 3.89. The number of carbonyl (C=O) groups is 1. The van der Waals surface area contributed by atoms with Crippen molar-refractivity contribution < 1.29 is 18.0 Å². The smallest absolute Gasteiger partial charge is 0.354 e. The first-order valence-corrected chi connectivity index (χ1v) is 7.71. The van der Waals surface area contributed by atoms with Crippen LogP contribution < -0.4 is 10.2 Å². The predicted octanol–water partition coefficient (Wildman–Crippen LogP) is 2.07. The van der Waals surface area contributed by atoms with Gasteiger partial charge in [0, 0.05) is 38.4 Å². The van der Waals surface area contributed by atoms with Crippen molar-refractivity contribution in [1.29, 1.82) is 0 Å². The minimum Gasteiger partial charge on any atom is -0.354 e. The summed E-state index contributed by atoms with van der Waals surface area (Å²) in [5.74, 6) is 0.422. The van der Waals surface area contributed by atoms with Crippen LogP contribution in [-0.4, -0.2) is 60.7 Å². The van der Waals surface area contributed by atoms with Crippen LogP contribution >= 0.6 is 0 Å². The Labute approximate surface area is 139 Å². The first-order valence-electron chi connectivity index (χ1n) is 7.71. The third-order valence-electron chi connectivity index (χ3n) is 3.89. The summed E-state index contributed by atoms with van der Waals surface area (Å²) in [5, 5.41) is 2.66. The average molecular weight is 342 g/mol. The third kappa shape index (κ3) is 4.95. The molecule has 0 radical (unpaired) electrons. The van der Waals surface area contributed by atoms with Crippen LogP contribution in [0.25, 0.3) is 0 Å². The molecule has 1 aliphatic heterocycles. The number of anilines is 1. The highest BCUT2D eigenvalue weighted by molar-refractivity contribution is 5.94. The molecule has 1 saturated heterocycles. The van der Waals surface area contributed by atoms with E-state index in [9.17, 15) is 18.0 Å². The van der Waals surface area contributed by atoms with Gasteiger partial charge in [-0.1, -0.05) is 6.08 Å². The summed E-state index contributed by atoms with van der Waals surface area (Å²) < 4.78 is 37.6. The number of amides is 1. The number of nitrogens with zero attached hydrogens (tertiary/aromatic N) is 3. The predicted molar refractivity (Wildman–Crippen MR) is 86.1 cm³/mol. The van der Waals surface area contributed by atoms with E-state index in [0.717, 1.165) is 0 Å². The lowest BCUT2D eigenvalue weighted by molar-refractivity contribution is -0.150. The van der Waals surface area contributed by atoms with Crippen LogP contribution in [0.4, 0.5) is 19.0 Å². The Morgan fingerprint density at radius 3 is 2.75 bits per heavy atom. The number of pyridine rings is 1. The summed E-state index contributed by atoms with van der Waals surface area (Å²) in [6.45, 7) is 6.04. The largest absolute Gasteiger partial charge is 0.401 e. The molecular formula is C16H21F3N4O. The van der Waals surface area contributed by atoms with Crippen LogP contribution in [-0.2, 0) is 0 Å². The van der Waals surface area contributed by atoms with Crippen LogP contribution in [0.15, 0.2) is 31.0 Å². The standard InChI is InChI=1S/C16H21F3N4O/c1-3-6-20-15(24)13-4-5-14(21-9-13)22-7-8-23(12(2)10-22)11-16(17,18)19/h3-5,9,12H,1,6-8,10-11H2,2H3,(H,20,24). The van der Waals surface area contributed by atoms with Crippen molar-refractivity contribution in [1.82, 2.24) is 15.2 Å². The average Bonchev–Trinajstić information content (AvgIpc) is 2.53. The molecule has 0 aliphatic carbocycles. The number of alkyl halides is 3. The molecule has 1 N–H and O–H groups in total. The maximum absolute atomic E-state index is 12.5. The summed E-state index contributed by atoms with van der Waals surface area (Å²) in [5.41, 5.74) is 0.435. The van der Waals surface area contributed by atoms with Gasteiger partial charge in [0.05, 0.1) is 12.1 Å². The zero-order chi connectivity index (χ0) is 17.7. The van der Waals surface area contributed by atoms with E-state index in [1.807, 2.05) is 4.90 Å². The van der Waals surface area contributed by atoms with E-state index in [2.05, 4.69) is 16.9 Å². The van der Waals surface area contributed by atoms with Crippen molar-refractivity contribution in [3.8, 4) is 0 Å². The molecule has 0 saturated carbocycles. The number of rotatable bonds is 5. The molecular weight excluding hydrogens is 321 g/mol. The molecule has 1 atom stereocenters. The van der Waals surface area contributed by atoms with Gasteiger partial charge in [-0.05, 0) is 19.1 Å². The highest BCUT2D eigenvalue weighted by Gasteiger charge is 2.35. The van der Waals surface area contributed by atoms with Crippen molar-refractivity contribution in [2.45, 2.75) is 19.1 Å². The van der Waals surface area contributed by atoms with E-state index in [4.69, 9.17) is 0 Å². The fourth-order valence-corrected chi connectivity index (χ4v) is 2.64. The minimum absolute atomic E-state index is 0.224. The Kier molecular flexibility index (Phi) is 5.82. The topological polar surface area (TPSA) is 48.5 Å². The molecule has 8 heteroatoms. The molecule has 1 aromatic heterocycles. The highest BCUT2D eigenvalue weighted by atomic mass is 19.4. The van der Waals surface area contributed by atoms with Crippen LogP contribution in [0.5, 0.6) is 0 Å². The van der Waals surface area contributed by atoms with Crippen LogP contribution in [0.3, 0.4) is 0 Å². The SMILES string of the molecule is C=CCNC(=O)c1ccc(N2CCN(CC(F)(F)F)C(C)C2)nc1. The summed E-state index contributed by atoms with van der Waals surface area (Å²) in [4.78, 5) is 19.4. The Morgan fingerprint density at radius 2 is 2.21 bits per heavy atom. The van der Waals surface area contributed by atoms with Gasteiger partial charge >= 0.3 is 6.18 Å². The number of carbonyl (C=O) groups excluding carboxylic acids is 1. The van der Waals surface area contributed by atoms with Gasteiger partial charge in [-0.25, -0.2) is 4.98 Å². The second-order valence-corrected chi connectivity index (χ2v) is 5.78. The molecule has 0 aromatic carbocycles. The van der Waals surface area contributed by atoms with E-state index in [1.165, 1.54) is 11.1 Å². The van der Waals surface area contributed by atoms with E-state index < -0.39 is 12.7 Å². The van der Waals surface area contributed by atoms with E-state index in [1.54, 1.807) is 25.1 Å². The number of halogens is 3. The molecule has 1 unspecified atom stereocenters. The Morgan fingerprint density at radius 1 is 1.46 bits per heavy atom. The summed E-state index contributed by atoms with van der Waals surface area (Å²) >= 11 is 0. The van der Waals surface area contributed by atoms with Gasteiger partial charge in [-0.2, -0.15) is 13.2 Å². The number of hydrogen-bond acceptors (Lipinski definition) is 4. The van der Waals surface area contributed by atoms with Gasteiger partial charge in [-0.3, -0.25) is 9.69 Å². The van der Waals surface area contributed by atoms with Crippen molar-refractivity contribution in [2.24, 2.45) is 0 Å². The maximum atomic E-state index is 12.5. The van der Waals surface area contributed by atoms with Crippen molar-refractivity contribution in [2.75, 3.05) is 37.6 Å². The van der Waals surface area contributed by atoms with Crippen LogP contribution in [0, 0.1) is 0 Å². The molecule has 5 nitrogen and oxygen atoms in total. The van der Waals surface area contributed by atoms with Crippen LogP contribution in [0.1, 0.15) is 17.3 Å². The maximum Gasteiger partial charge on any atom is 0.401 e. The Balaban J connectivity index is 1.96. The fourth-order valence-electron chi connectivity index (χ4n) is 2.64. The Hall–Kier alpha value is -2.09. The second-order valence-electron chi connectivity index (χ2n) is 5.78. The molecule has 0 bridgehead atoms. The minimum atomic E-state index is -4.19. The quantitative estimate of drug-likeness (QED) is 0.833. The molecule has 1 amide bonds. The molecule has 132 valence electrons. The summed E-state index contributed by atoms with van der Waals surface area (Å²) in [6.07, 6.45) is -1.13. The van der Waals surface area contributed by atoms with E-state index in [0.29, 0.717) is 37.6 Å². The zero-order valence-electron chi connectivity index (χ0n) is 13.5. The van der Waals surface area contributed by atoms with Gasteiger partial charge in [0.1, 0.15) is 5.82 Å². The monoisotopic (exact) mass is 342 g/mol. The first kappa shape index (κ1) is 18.3. The number of hydrogen-bond donors (Lipinski definition) is 1. The van der Waals surface area contributed by atoms with Gasteiger partial charge in [0.2, 0.25) is 0 Å². The van der Waals surface area contributed by atoms with E-state index >= 15 is 0 Å². The fraction of sp³-hybridized carbons (Fsp3) is 0.500. The molecule has 1 aliphatic rings. The summed E-state index contributed by atoms with van der Waals surface area (Å²) in [6, 6.07) is 3.15. The number of nitrogens with one attached hydrogen (secondary N) is 1. The van der Waals surface area contributed by atoms with E-state index in [-0.39, 0.29) is 11.9 Å². The zero-order valence-corrected chi connectivity index (χ0v) is 13.5. The summed E-state index contributed by atoms with van der Waals surface area (Å²) in [7, 11) is 0. The van der Waals surface area contributed by atoms with Gasteiger partial charge in [-0.15, -0.1) is 6.58 Å². The van der Waals surface area contributed by atoms with Crippen molar-refractivity contribution in [3.63, 3.8) is 0 Å². The van der Waals surface area contributed by atoms with Gasteiger partial charge < -0.3 is 10.2 Å². The Bertz CT molecular complexity index is 574. The van der Waals surface area contributed by atoms with Crippen molar-refractivity contribution >= 4 is 11.7 Å². The lowest BCUT2D eigenvalue weighted by Crippen LogP contribution is -2.54. The first-order chi connectivity index (χ1) is 11.3. The van der Waals surface area contributed by atoms with Gasteiger partial charge in [0.15, 0.2) is 0 Å². The molecule has 24 heavy (non-hydrogen) atoms. The molecule has 1 aromatic rings. The van der Waals surface area contributed by atoms with Gasteiger partial charge in [0.25, 0.3) is 5.91 Å². The lowest BCUT2D eigenvalue weighted by atomic mass is 10.2. The second kappa shape index (κ2) is 7.65. The molecule has 1 fully saturated rings. The highest BCUT2D eigenvalue weighted by Crippen LogP contribution is 2.22. The lowest BCUT2D eigenvalue weighted by Gasteiger charge is -2.40. The molecule has 2 heterocycles. The normalized spacial score (nSPS) is 19.2. The molecule has 2 rings (SSSR count).